The van der Waals surface area contributed by atoms with Crippen molar-refractivity contribution in [2.75, 3.05) is 39.3 Å². The van der Waals surface area contributed by atoms with Gasteiger partial charge in [-0.05, 0) is 38.1 Å². The molecule has 0 saturated carbocycles. The highest BCUT2D eigenvalue weighted by Crippen LogP contribution is 2.19. The van der Waals surface area contributed by atoms with Crippen LogP contribution in [-0.4, -0.2) is 60.9 Å². The van der Waals surface area contributed by atoms with Gasteiger partial charge in [0.1, 0.15) is 17.2 Å². The molecule has 2 amide bonds. The minimum absolute atomic E-state index is 0.0394. The van der Waals surface area contributed by atoms with E-state index in [1.807, 2.05) is 0 Å². The van der Waals surface area contributed by atoms with E-state index >= 15 is 0 Å². The molecule has 24 heavy (non-hydrogen) atoms. The molecule has 3 rings (SSSR count). The van der Waals surface area contributed by atoms with E-state index < -0.39 is 23.1 Å². The van der Waals surface area contributed by atoms with Crippen molar-refractivity contribution in [2.24, 2.45) is 5.92 Å². The molecule has 0 aromatic heterocycles. The predicted molar refractivity (Wildman–Crippen MR) is 84.4 cm³/mol. The van der Waals surface area contributed by atoms with Crippen molar-refractivity contribution < 1.29 is 18.4 Å². The summed E-state index contributed by atoms with van der Waals surface area (Å²) >= 11 is 0. The number of amides is 2. The Labute approximate surface area is 139 Å². The van der Waals surface area contributed by atoms with E-state index in [2.05, 4.69) is 5.32 Å². The lowest BCUT2D eigenvalue weighted by molar-refractivity contribution is -0.137. The quantitative estimate of drug-likeness (QED) is 0.884. The molecule has 0 atom stereocenters. The number of carbonyl (C=O) groups is 2. The molecule has 0 unspecified atom stereocenters. The fourth-order valence-electron chi connectivity index (χ4n) is 3.32. The third kappa shape index (κ3) is 3.40. The van der Waals surface area contributed by atoms with E-state index in [4.69, 9.17) is 0 Å². The summed E-state index contributed by atoms with van der Waals surface area (Å²) in [5.41, 5.74) is -0.518. The fraction of sp³-hybridized carbons (Fsp3) is 0.529. The zero-order chi connectivity index (χ0) is 17.1. The number of benzene rings is 1. The lowest BCUT2D eigenvalue weighted by Gasteiger charge is -2.37. The number of hydrogen-bond donors (Lipinski definition) is 1. The van der Waals surface area contributed by atoms with Crippen LogP contribution in [0.3, 0.4) is 0 Å². The lowest BCUT2D eigenvalue weighted by Crippen LogP contribution is -2.53. The summed E-state index contributed by atoms with van der Waals surface area (Å²) in [6.45, 7) is 3.10. The van der Waals surface area contributed by atoms with Crippen molar-refractivity contribution in [1.29, 1.82) is 0 Å². The third-order valence-corrected chi connectivity index (χ3v) is 4.74. The van der Waals surface area contributed by atoms with E-state index in [0.29, 0.717) is 26.2 Å². The number of halogens is 2. The van der Waals surface area contributed by atoms with Crippen LogP contribution in [0.25, 0.3) is 0 Å². The second kappa shape index (κ2) is 7.25. The Bertz CT molecular complexity index is 604. The van der Waals surface area contributed by atoms with Gasteiger partial charge in [0.25, 0.3) is 5.91 Å². The molecule has 0 aliphatic carbocycles. The van der Waals surface area contributed by atoms with Crippen LogP contribution in [0.4, 0.5) is 8.78 Å². The van der Waals surface area contributed by atoms with Crippen LogP contribution in [0.5, 0.6) is 0 Å². The number of nitrogens with zero attached hydrogens (tertiary/aromatic N) is 2. The fourth-order valence-corrected chi connectivity index (χ4v) is 3.32. The summed E-state index contributed by atoms with van der Waals surface area (Å²) in [6.07, 6.45) is 1.66. The van der Waals surface area contributed by atoms with Crippen molar-refractivity contribution in [3.05, 3.63) is 35.4 Å². The van der Waals surface area contributed by atoms with E-state index in [0.717, 1.165) is 38.1 Å². The van der Waals surface area contributed by atoms with Gasteiger partial charge in [0.2, 0.25) is 5.91 Å². The van der Waals surface area contributed by atoms with Crippen molar-refractivity contribution in [2.45, 2.75) is 12.8 Å². The maximum Gasteiger partial charge on any atom is 0.259 e. The van der Waals surface area contributed by atoms with Gasteiger partial charge in [-0.1, -0.05) is 6.07 Å². The molecule has 2 fully saturated rings. The predicted octanol–water partition coefficient (Wildman–Crippen LogP) is 1.25. The highest BCUT2D eigenvalue weighted by atomic mass is 19.1. The summed E-state index contributed by atoms with van der Waals surface area (Å²) in [7, 11) is 0. The first kappa shape index (κ1) is 16.8. The SMILES string of the molecule is O=C(c1c(F)cccc1F)N1CCN(C(=O)C2CCNCC2)CC1. The molecule has 1 aromatic carbocycles. The van der Waals surface area contributed by atoms with E-state index in [9.17, 15) is 18.4 Å². The van der Waals surface area contributed by atoms with Crippen molar-refractivity contribution in [3.63, 3.8) is 0 Å². The molecule has 7 heteroatoms. The summed E-state index contributed by atoms with van der Waals surface area (Å²) in [6, 6.07) is 3.39. The van der Waals surface area contributed by atoms with Gasteiger partial charge in [-0.2, -0.15) is 0 Å². The standard InChI is InChI=1S/C17H21F2N3O2/c18-13-2-1-3-14(19)15(13)17(24)22-10-8-21(9-11-22)16(23)12-4-6-20-7-5-12/h1-3,12,20H,4-11H2. The number of carbonyl (C=O) groups excluding carboxylic acids is 2. The molecule has 5 nitrogen and oxygen atoms in total. The molecule has 0 radical (unpaired) electrons. The number of piperidine rings is 1. The summed E-state index contributed by atoms with van der Waals surface area (Å²) < 4.78 is 27.5. The summed E-state index contributed by atoms with van der Waals surface area (Å²) in [4.78, 5) is 28.0. The molecule has 2 aliphatic heterocycles. The van der Waals surface area contributed by atoms with E-state index in [1.54, 1.807) is 4.90 Å². The maximum atomic E-state index is 13.7. The maximum absolute atomic E-state index is 13.7. The Balaban J connectivity index is 1.60. The summed E-state index contributed by atoms with van der Waals surface area (Å²) in [5.74, 6) is -2.20. The highest BCUT2D eigenvalue weighted by Gasteiger charge is 2.31. The van der Waals surface area contributed by atoms with Crippen LogP contribution in [-0.2, 0) is 4.79 Å². The second-order valence-corrected chi connectivity index (χ2v) is 6.24. The molecule has 2 heterocycles. The van der Waals surface area contributed by atoms with Gasteiger partial charge in [-0.3, -0.25) is 9.59 Å². The second-order valence-electron chi connectivity index (χ2n) is 6.24. The molecule has 0 bridgehead atoms. The molecule has 2 aliphatic rings. The normalized spacial score (nSPS) is 19.4. The molecule has 2 saturated heterocycles. The van der Waals surface area contributed by atoms with Crippen LogP contribution >= 0.6 is 0 Å². The first-order chi connectivity index (χ1) is 11.6. The van der Waals surface area contributed by atoms with Gasteiger partial charge in [-0.15, -0.1) is 0 Å². The van der Waals surface area contributed by atoms with Gasteiger partial charge >= 0.3 is 0 Å². The minimum atomic E-state index is -0.854. The Morgan fingerprint density at radius 2 is 1.50 bits per heavy atom. The smallest absolute Gasteiger partial charge is 0.259 e. The van der Waals surface area contributed by atoms with Crippen LogP contribution in [0.1, 0.15) is 23.2 Å². The van der Waals surface area contributed by atoms with Crippen LogP contribution in [0, 0.1) is 17.6 Å². The van der Waals surface area contributed by atoms with Gasteiger partial charge in [0, 0.05) is 32.1 Å². The van der Waals surface area contributed by atoms with Crippen LogP contribution in [0.15, 0.2) is 18.2 Å². The van der Waals surface area contributed by atoms with Gasteiger partial charge in [-0.25, -0.2) is 8.78 Å². The Morgan fingerprint density at radius 1 is 0.958 bits per heavy atom. The minimum Gasteiger partial charge on any atom is -0.339 e. The van der Waals surface area contributed by atoms with Crippen molar-refractivity contribution in [1.82, 2.24) is 15.1 Å². The zero-order valence-corrected chi connectivity index (χ0v) is 13.4. The first-order valence-corrected chi connectivity index (χ1v) is 8.30. The molecule has 0 spiro atoms. The molecule has 1 aromatic rings. The number of piperazine rings is 1. The molecular formula is C17H21F2N3O2. The third-order valence-electron chi connectivity index (χ3n) is 4.74. The topological polar surface area (TPSA) is 52.7 Å². The highest BCUT2D eigenvalue weighted by molar-refractivity contribution is 5.95. The van der Waals surface area contributed by atoms with Gasteiger partial charge < -0.3 is 15.1 Å². The Hall–Kier alpha value is -2.02. The van der Waals surface area contributed by atoms with Crippen LogP contribution < -0.4 is 5.32 Å². The van der Waals surface area contributed by atoms with Gasteiger partial charge in [0.05, 0.1) is 0 Å². The molecular weight excluding hydrogens is 316 g/mol. The van der Waals surface area contributed by atoms with Crippen molar-refractivity contribution >= 4 is 11.8 Å². The monoisotopic (exact) mass is 337 g/mol. The van der Waals surface area contributed by atoms with Crippen molar-refractivity contribution in [3.8, 4) is 0 Å². The summed E-state index contributed by atoms with van der Waals surface area (Å²) in [5, 5.41) is 3.23. The van der Waals surface area contributed by atoms with Gasteiger partial charge in [0.15, 0.2) is 0 Å². The van der Waals surface area contributed by atoms with E-state index in [1.165, 1.54) is 11.0 Å². The molecule has 130 valence electrons. The first-order valence-electron chi connectivity index (χ1n) is 8.30. The average molecular weight is 337 g/mol. The average Bonchev–Trinajstić information content (AvgIpc) is 2.62. The lowest BCUT2D eigenvalue weighted by atomic mass is 9.96. The van der Waals surface area contributed by atoms with E-state index in [-0.39, 0.29) is 11.8 Å². The molecule has 1 N–H and O–H groups in total. The van der Waals surface area contributed by atoms with Crippen LogP contribution in [0.2, 0.25) is 0 Å². The number of rotatable bonds is 2. The zero-order valence-electron chi connectivity index (χ0n) is 13.4. The largest absolute Gasteiger partial charge is 0.339 e. The Kier molecular flexibility index (Phi) is 5.08. The number of hydrogen-bond acceptors (Lipinski definition) is 3. The Morgan fingerprint density at radius 3 is 2.08 bits per heavy atom. The number of nitrogens with one attached hydrogen (secondary N) is 1.